The topological polar surface area (TPSA) is 55.6 Å². The molecular weight excluding hydrogens is 247 g/mol. The van der Waals surface area contributed by atoms with Crippen molar-refractivity contribution in [3.63, 3.8) is 0 Å². The van der Waals surface area contributed by atoms with Gasteiger partial charge in [0, 0.05) is 24.7 Å². The Hall–Kier alpha value is -1.62. The van der Waals surface area contributed by atoms with Crippen molar-refractivity contribution < 1.29 is 13.9 Å². The highest BCUT2D eigenvalue weighted by Gasteiger charge is 2.29. The second kappa shape index (κ2) is 5.57. The monoisotopic (exact) mass is 266 g/mol. The molecule has 0 aromatic heterocycles. The third kappa shape index (κ3) is 3.44. The number of halogens is 1. The van der Waals surface area contributed by atoms with Crippen molar-refractivity contribution >= 4 is 5.91 Å². The minimum absolute atomic E-state index is 0.0433. The highest BCUT2D eigenvalue weighted by molar-refractivity contribution is 5.78. The van der Waals surface area contributed by atoms with Crippen molar-refractivity contribution in [3.8, 4) is 5.75 Å². The number of nitrogens with two attached hydrogens (primary N) is 1. The number of carbonyl (C=O) groups is 1. The van der Waals surface area contributed by atoms with E-state index in [0.29, 0.717) is 17.4 Å². The molecule has 1 aliphatic rings. The Morgan fingerprint density at radius 2 is 2.26 bits per heavy atom. The Bertz CT molecular complexity index is 473. The lowest BCUT2D eigenvalue weighted by molar-refractivity contribution is -0.132. The van der Waals surface area contributed by atoms with Crippen LogP contribution in [0.3, 0.4) is 0 Å². The molecule has 0 aliphatic heterocycles. The first kappa shape index (κ1) is 13.8. The van der Waals surface area contributed by atoms with Gasteiger partial charge in [-0.05, 0) is 38.0 Å². The zero-order chi connectivity index (χ0) is 14.0. The molecule has 0 unspecified atom stereocenters. The number of carbonyl (C=O) groups excluding carboxylic acids is 1. The maximum absolute atomic E-state index is 13.2. The normalized spacial score (nSPS) is 16.0. The number of hydrogen-bond donors (Lipinski definition) is 1. The average Bonchev–Trinajstić information content (AvgIpc) is 3.20. The summed E-state index contributed by atoms with van der Waals surface area (Å²) in [5.74, 6) is 0.0393. The van der Waals surface area contributed by atoms with Crippen LogP contribution >= 0.6 is 0 Å². The number of hydrogen-bond acceptors (Lipinski definition) is 3. The molecule has 104 valence electrons. The summed E-state index contributed by atoms with van der Waals surface area (Å²) in [4.78, 5) is 13.5. The fourth-order valence-electron chi connectivity index (χ4n) is 1.91. The summed E-state index contributed by atoms with van der Waals surface area (Å²) in [6.07, 6.45) is 2.12. The molecule has 1 aromatic carbocycles. The summed E-state index contributed by atoms with van der Waals surface area (Å²) < 4.78 is 18.6. The molecule has 1 amide bonds. The first-order valence-corrected chi connectivity index (χ1v) is 6.42. The molecule has 5 heteroatoms. The average molecular weight is 266 g/mol. The summed E-state index contributed by atoms with van der Waals surface area (Å²) >= 11 is 0. The van der Waals surface area contributed by atoms with E-state index in [-0.39, 0.29) is 24.4 Å². The van der Waals surface area contributed by atoms with Gasteiger partial charge in [0.15, 0.2) is 6.61 Å². The third-order valence-electron chi connectivity index (χ3n) is 3.30. The lowest BCUT2D eigenvalue weighted by Crippen LogP contribution is -2.33. The van der Waals surface area contributed by atoms with Gasteiger partial charge in [0.25, 0.3) is 5.91 Å². The third-order valence-corrected chi connectivity index (χ3v) is 3.30. The summed E-state index contributed by atoms with van der Waals surface area (Å²) in [7, 11) is 1.78. The molecule has 1 aliphatic carbocycles. The molecule has 0 spiro atoms. The molecular formula is C14H19FN2O2. The van der Waals surface area contributed by atoms with Crippen molar-refractivity contribution in [2.24, 2.45) is 5.73 Å². The minimum Gasteiger partial charge on any atom is -0.483 e. The molecule has 0 saturated heterocycles. The molecule has 19 heavy (non-hydrogen) atoms. The molecule has 0 bridgehead atoms. The Morgan fingerprint density at radius 1 is 1.58 bits per heavy atom. The van der Waals surface area contributed by atoms with Gasteiger partial charge in [-0.3, -0.25) is 4.79 Å². The molecule has 0 radical (unpaired) electrons. The van der Waals surface area contributed by atoms with Gasteiger partial charge in [-0.2, -0.15) is 0 Å². The molecule has 1 aromatic rings. The van der Waals surface area contributed by atoms with E-state index >= 15 is 0 Å². The van der Waals surface area contributed by atoms with Crippen molar-refractivity contribution in [2.75, 3.05) is 13.7 Å². The van der Waals surface area contributed by atoms with Crippen LogP contribution in [0.2, 0.25) is 0 Å². The molecule has 2 rings (SSSR count). The van der Waals surface area contributed by atoms with Crippen LogP contribution in [0.1, 0.15) is 31.4 Å². The van der Waals surface area contributed by atoms with Crippen molar-refractivity contribution in [3.05, 3.63) is 29.6 Å². The zero-order valence-corrected chi connectivity index (χ0v) is 11.2. The van der Waals surface area contributed by atoms with Gasteiger partial charge in [0.2, 0.25) is 0 Å². The molecule has 2 N–H and O–H groups in total. The summed E-state index contributed by atoms with van der Waals surface area (Å²) in [5.41, 5.74) is 6.34. The van der Waals surface area contributed by atoms with E-state index in [1.165, 1.54) is 18.2 Å². The number of amides is 1. The fourth-order valence-corrected chi connectivity index (χ4v) is 1.91. The van der Waals surface area contributed by atoms with E-state index < -0.39 is 0 Å². The molecule has 1 saturated carbocycles. The lowest BCUT2D eigenvalue weighted by Gasteiger charge is -2.18. The standard InChI is InChI=1S/C14H19FN2O2/c1-9(16)12-7-10(15)3-6-13(12)19-8-14(18)17(2)11-4-5-11/h3,6-7,9,11H,4-5,8,16H2,1-2H3/t9-/m1/s1. The van der Waals surface area contributed by atoms with E-state index in [9.17, 15) is 9.18 Å². The maximum Gasteiger partial charge on any atom is 0.260 e. The van der Waals surface area contributed by atoms with Crippen molar-refractivity contribution in [2.45, 2.75) is 31.8 Å². The Labute approximate surface area is 112 Å². The smallest absolute Gasteiger partial charge is 0.260 e. The second-order valence-electron chi connectivity index (χ2n) is 5.00. The van der Waals surface area contributed by atoms with Gasteiger partial charge in [0.05, 0.1) is 0 Å². The van der Waals surface area contributed by atoms with E-state index in [0.717, 1.165) is 12.8 Å². The number of likely N-dealkylation sites (N-methyl/N-ethyl adjacent to an activating group) is 1. The van der Waals surface area contributed by atoms with Crippen molar-refractivity contribution in [1.29, 1.82) is 0 Å². The van der Waals surface area contributed by atoms with Crippen LogP contribution in [0.25, 0.3) is 0 Å². The summed E-state index contributed by atoms with van der Waals surface area (Å²) in [5, 5.41) is 0. The SMILES string of the molecule is C[C@@H](N)c1cc(F)ccc1OCC(=O)N(C)C1CC1. The molecule has 0 heterocycles. The predicted octanol–water partition coefficient (Wildman–Crippen LogP) is 1.85. The maximum atomic E-state index is 13.2. The number of rotatable bonds is 5. The van der Waals surface area contributed by atoms with Gasteiger partial charge in [0.1, 0.15) is 11.6 Å². The van der Waals surface area contributed by atoms with Gasteiger partial charge in [-0.25, -0.2) is 4.39 Å². The van der Waals surface area contributed by atoms with Gasteiger partial charge >= 0.3 is 0 Å². The van der Waals surface area contributed by atoms with Crippen LogP contribution in [0, 0.1) is 5.82 Å². The van der Waals surface area contributed by atoms with E-state index in [2.05, 4.69) is 0 Å². The van der Waals surface area contributed by atoms with Gasteiger partial charge < -0.3 is 15.4 Å². The second-order valence-corrected chi connectivity index (χ2v) is 5.00. The summed E-state index contributed by atoms with van der Waals surface area (Å²) in [6, 6.07) is 4.17. The number of benzene rings is 1. The van der Waals surface area contributed by atoms with Crippen LogP contribution in [-0.2, 0) is 4.79 Å². The van der Waals surface area contributed by atoms with Crippen LogP contribution in [0.5, 0.6) is 5.75 Å². The first-order chi connectivity index (χ1) is 8.99. The van der Waals surface area contributed by atoms with Crippen LogP contribution in [0.15, 0.2) is 18.2 Å². The Kier molecular flexibility index (Phi) is 4.04. The van der Waals surface area contributed by atoms with Crippen LogP contribution in [0.4, 0.5) is 4.39 Å². The lowest BCUT2D eigenvalue weighted by atomic mass is 10.1. The van der Waals surface area contributed by atoms with Crippen LogP contribution < -0.4 is 10.5 Å². The summed E-state index contributed by atoms with van der Waals surface area (Å²) in [6.45, 7) is 1.71. The quantitative estimate of drug-likeness (QED) is 0.884. The predicted molar refractivity (Wildman–Crippen MR) is 70.3 cm³/mol. The highest BCUT2D eigenvalue weighted by Crippen LogP contribution is 2.27. The van der Waals surface area contributed by atoms with Gasteiger partial charge in [-0.1, -0.05) is 0 Å². The Morgan fingerprint density at radius 3 is 2.84 bits per heavy atom. The largest absolute Gasteiger partial charge is 0.483 e. The number of nitrogens with zero attached hydrogens (tertiary/aromatic N) is 1. The van der Waals surface area contributed by atoms with E-state index in [1.807, 2.05) is 0 Å². The number of ether oxygens (including phenoxy) is 1. The minimum atomic E-state index is -0.360. The van der Waals surface area contributed by atoms with E-state index in [1.54, 1.807) is 18.9 Å². The molecule has 1 atom stereocenters. The Balaban J connectivity index is 2.00. The zero-order valence-electron chi connectivity index (χ0n) is 11.2. The fraction of sp³-hybridized carbons (Fsp3) is 0.500. The van der Waals surface area contributed by atoms with E-state index in [4.69, 9.17) is 10.5 Å². The van der Waals surface area contributed by atoms with Crippen molar-refractivity contribution in [1.82, 2.24) is 4.90 Å². The highest BCUT2D eigenvalue weighted by atomic mass is 19.1. The molecule has 4 nitrogen and oxygen atoms in total. The first-order valence-electron chi connectivity index (χ1n) is 6.42. The molecule has 1 fully saturated rings. The van der Waals surface area contributed by atoms with Gasteiger partial charge in [-0.15, -0.1) is 0 Å². The van der Waals surface area contributed by atoms with Crippen LogP contribution in [-0.4, -0.2) is 30.5 Å².